The zero-order valence-corrected chi connectivity index (χ0v) is 40.4. The van der Waals surface area contributed by atoms with Gasteiger partial charge in [-0.25, -0.2) is 0 Å². The third-order valence-corrected chi connectivity index (χ3v) is 16.0. The molecular formula is C71H50. The Morgan fingerprint density at radius 2 is 0.437 bits per heavy atom. The van der Waals surface area contributed by atoms with E-state index in [9.17, 15) is 0 Å². The van der Waals surface area contributed by atoms with Gasteiger partial charge in [-0.2, -0.15) is 0 Å². The molecule has 0 fully saturated rings. The summed E-state index contributed by atoms with van der Waals surface area (Å²) in [6.07, 6.45) is 0. The maximum Gasteiger partial charge on any atom is 0.0159 e. The molecule has 0 heterocycles. The second-order valence-corrected chi connectivity index (χ2v) is 20.4. The second-order valence-electron chi connectivity index (χ2n) is 20.4. The van der Waals surface area contributed by atoms with E-state index in [4.69, 9.17) is 0 Å². The minimum Gasteiger partial charge on any atom is -0.0616 e. The Labute approximate surface area is 415 Å². The summed E-state index contributed by atoms with van der Waals surface area (Å²) in [4.78, 5) is 0. The van der Waals surface area contributed by atoms with Gasteiger partial charge in [-0.05, 0) is 169 Å². The van der Waals surface area contributed by atoms with Gasteiger partial charge in [0.1, 0.15) is 0 Å². The van der Waals surface area contributed by atoms with Crippen LogP contribution in [0, 0.1) is 13.8 Å². The van der Waals surface area contributed by atoms with Crippen molar-refractivity contribution >= 4 is 64.6 Å². The third kappa shape index (κ3) is 6.17. The summed E-state index contributed by atoms with van der Waals surface area (Å²) < 4.78 is 0. The topological polar surface area (TPSA) is 0 Å². The highest BCUT2D eigenvalue weighted by atomic mass is 14.4. The van der Waals surface area contributed by atoms with E-state index >= 15 is 0 Å². The molecule has 0 amide bonds. The smallest absolute Gasteiger partial charge is 0.0159 e. The number of benzene rings is 13. The summed E-state index contributed by atoms with van der Waals surface area (Å²) in [7, 11) is 0. The van der Waals surface area contributed by atoms with Crippen LogP contribution in [-0.2, 0) is 5.41 Å². The van der Waals surface area contributed by atoms with Crippen molar-refractivity contribution < 1.29 is 0 Å². The van der Waals surface area contributed by atoms with E-state index in [2.05, 4.69) is 258 Å². The van der Waals surface area contributed by atoms with Gasteiger partial charge in [-0.1, -0.05) is 243 Å². The average molecular weight is 903 g/mol. The standard InChI is InChI=1S/C71H50/c1-43-29-33-45(34-30-43)65-51-17-5-7-19-53(51)67(54-20-8-6-18-52(54)65)47-37-39-49-50-40-38-48(42-64(50)71(3,4)63(49)41-47)68-57-23-11-15-27-61(57)70(62-28-16-12-24-58(62)68)69-59-25-13-9-21-55(59)66(46-35-31-44(2)32-36-46)56-22-10-14-26-60(56)69/h5-42H,1-4H3. The molecule has 334 valence electrons. The quantitative estimate of drug-likeness (QED) is 0.151. The van der Waals surface area contributed by atoms with Crippen molar-refractivity contribution in [2.45, 2.75) is 33.1 Å². The summed E-state index contributed by atoms with van der Waals surface area (Å²) >= 11 is 0. The molecule has 13 aromatic carbocycles. The molecule has 71 heavy (non-hydrogen) atoms. The van der Waals surface area contributed by atoms with Crippen molar-refractivity contribution in [3.8, 4) is 66.8 Å². The van der Waals surface area contributed by atoms with Crippen LogP contribution in [0.1, 0.15) is 36.1 Å². The highest BCUT2D eigenvalue weighted by molar-refractivity contribution is 6.30. The lowest BCUT2D eigenvalue weighted by atomic mass is 9.79. The van der Waals surface area contributed by atoms with Crippen LogP contribution < -0.4 is 0 Å². The van der Waals surface area contributed by atoms with Crippen LogP contribution >= 0.6 is 0 Å². The first-order valence-corrected chi connectivity index (χ1v) is 25.1. The Morgan fingerprint density at radius 1 is 0.225 bits per heavy atom. The molecule has 0 aliphatic heterocycles. The minimum atomic E-state index is -0.243. The molecule has 1 aliphatic rings. The van der Waals surface area contributed by atoms with E-state index in [0.29, 0.717) is 0 Å². The number of hydrogen-bond acceptors (Lipinski definition) is 0. The molecule has 0 saturated heterocycles. The molecule has 0 saturated carbocycles. The predicted octanol–water partition coefficient (Wildman–Crippen LogP) is 19.9. The zero-order chi connectivity index (χ0) is 47.5. The first kappa shape index (κ1) is 41.4. The number of fused-ring (bicyclic) bond motifs is 9. The van der Waals surface area contributed by atoms with Gasteiger partial charge in [0, 0.05) is 5.41 Å². The van der Waals surface area contributed by atoms with Crippen LogP contribution in [0.4, 0.5) is 0 Å². The lowest BCUT2D eigenvalue weighted by Gasteiger charge is -2.24. The van der Waals surface area contributed by atoms with Gasteiger partial charge in [0.2, 0.25) is 0 Å². The molecule has 0 bridgehead atoms. The Bertz CT molecular complexity index is 4180. The van der Waals surface area contributed by atoms with E-state index in [1.165, 1.54) is 154 Å². The first-order valence-electron chi connectivity index (χ1n) is 25.1. The fraction of sp³-hybridized carbons (Fsp3) is 0.0704. The number of aryl methyl sites for hydroxylation is 2. The van der Waals surface area contributed by atoms with Gasteiger partial charge in [-0.15, -0.1) is 0 Å². The van der Waals surface area contributed by atoms with Gasteiger partial charge in [0.15, 0.2) is 0 Å². The minimum absolute atomic E-state index is 0.243. The van der Waals surface area contributed by atoms with Crippen molar-refractivity contribution in [2.24, 2.45) is 0 Å². The van der Waals surface area contributed by atoms with Crippen molar-refractivity contribution in [2.75, 3.05) is 0 Å². The largest absolute Gasteiger partial charge is 0.0616 e. The lowest BCUT2D eigenvalue weighted by molar-refractivity contribution is 0.661. The zero-order valence-electron chi connectivity index (χ0n) is 40.4. The van der Waals surface area contributed by atoms with Crippen molar-refractivity contribution in [1.82, 2.24) is 0 Å². The molecule has 14 rings (SSSR count). The predicted molar refractivity (Wildman–Crippen MR) is 306 cm³/mol. The van der Waals surface area contributed by atoms with Gasteiger partial charge in [-0.3, -0.25) is 0 Å². The normalized spacial score (nSPS) is 12.9. The highest BCUT2D eigenvalue weighted by Crippen LogP contribution is 2.55. The summed E-state index contributed by atoms with van der Waals surface area (Å²) in [5.74, 6) is 0. The molecule has 0 spiro atoms. The van der Waals surface area contributed by atoms with E-state index in [-0.39, 0.29) is 5.41 Å². The third-order valence-electron chi connectivity index (χ3n) is 16.0. The monoisotopic (exact) mass is 902 g/mol. The Balaban J connectivity index is 0.955. The van der Waals surface area contributed by atoms with Gasteiger partial charge >= 0.3 is 0 Å². The van der Waals surface area contributed by atoms with Crippen molar-refractivity contribution in [3.05, 3.63) is 253 Å². The van der Waals surface area contributed by atoms with Gasteiger partial charge in [0.25, 0.3) is 0 Å². The fourth-order valence-electron chi connectivity index (χ4n) is 12.7. The Kier molecular flexibility index (Phi) is 9.17. The van der Waals surface area contributed by atoms with E-state index in [1.54, 1.807) is 0 Å². The van der Waals surface area contributed by atoms with Crippen LogP contribution in [-0.4, -0.2) is 0 Å². The second kappa shape index (κ2) is 15.7. The summed E-state index contributed by atoms with van der Waals surface area (Å²) in [6.45, 7) is 9.18. The average Bonchev–Trinajstić information content (AvgIpc) is 3.63. The Hall–Kier alpha value is -8.58. The highest BCUT2D eigenvalue weighted by Gasteiger charge is 2.36. The van der Waals surface area contributed by atoms with Crippen LogP contribution in [0.15, 0.2) is 231 Å². The summed E-state index contributed by atoms with van der Waals surface area (Å²) in [6, 6.07) is 87.1. The molecule has 0 atom stereocenters. The lowest BCUT2D eigenvalue weighted by Crippen LogP contribution is -2.15. The molecule has 1 aliphatic carbocycles. The van der Waals surface area contributed by atoms with E-state index < -0.39 is 0 Å². The molecule has 0 N–H and O–H groups in total. The number of rotatable bonds is 5. The van der Waals surface area contributed by atoms with E-state index in [1.807, 2.05) is 0 Å². The molecule has 0 radical (unpaired) electrons. The first-order chi connectivity index (χ1) is 34.8. The molecule has 0 aromatic heterocycles. The van der Waals surface area contributed by atoms with Gasteiger partial charge in [0.05, 0.1) is 0 Å². The summed E-state index contributed by atoms with van der Waals surface area (Å²) in [5.41, 5.74) is 20.4. The Morgan fingerprint density at radius 3 is 0.690 bits per heavy atom. The maximum absolute atomic E-state index is 2.52. The molecule has 0 heteroatoms. The van der Waals surface area contributed by atoms with Gasteiger partial charge < -0.3 is 0 Å². The fourth-order valence-corrected chi connectivity index (χ4v) is 12.7. The molecule has 13 aromatic rings. The molecular weight excluding hydrogens is 853 g/mol. The molecule has 0 unspecified atom stereocenters. The SMILES string of the molecule is Cc1ccc(-c2c3ccccc3c(-c3ccc4c(c3)C(C)(C)c3cc(-c5c6ccccc6c(-c6c7ccccc7c(-c7ccc(C)cc7)c7ccccc67)c6ccccc56)ccc3-4)c3ccccc23)cc1. The van der Waals surface area contributed by atoms with Crippen LogP contribution in [0.2, 0.25) is 0 Å². The van der Waals surface area contributed by atoms with Crippen LogP contribution in [0.5, 0.6) is 0 Å². The van der Waals surface area contributed by atoms with Crippen LogP contribution in [0.3, 0.4) is 0 Å². The molecule has 0 nitrogen and oxygen atoms in total. The van der Waals surface area contributed by atoms with Crippen molar-refractivity contribution in [3.63, 3.8) is 0 Å². The van der Waals surface area contributed by atoms with Crippen molar-refractivity contribution in [1.29, 1.82) is 0 Å². The van der Waals surface area contributed by atoms with E-state index in [0.717, 1.165) is 0 Å². The number of hydrogen-bond donors (Lipinski definition) is 0. The maximum atomic E-state index is 2.52. The van der Waals surface area contributed by atoms with Crippen LogP contribution in [0.25, 0.3) is 131 Å². The summed E-state index contributed by atoms with van der Waals surface area (Å²) in [5, 5.41) is 15.3.